The molecule has 6 rings (SSSR count). The fourth-order valence-electron chi connectivity index (χ4n) is 5.23. The molecule has 3 aromatic heterocycles. The molecule has 0 saturated carbocycles. The van der Waals surface area contributed by atoms with Gasteiger partial charge in [0.05, 0.1) is 39.5 Å². The Morgan fingerprint density at radius 3 is 2.05 bits per heavy atom. The standard InChI is InChI=1S/C29H24N2O7/c1-35-21-6-5-15(10-19(21)32)25-26-17-12-23(37-3)24(38-4)13-18(17)30-29(34)28(26)31-8-7-14-9-20(33)22(36-2)11-16(14)27(25)31/h5-13,32-33H,1-4H3,(H,30,34). The summed E-state index contributed by atoms with van der Waals surface area (Å²) in [6.45, 7) is 0. The zero-order chi connectivity index (χ0) is 26.7. The lowest BCUT2D eigenvalue weighted by molar-refractivity contribution is 0.356. The van der Waals surface area contributed by atoms with Crippen LogP contribution in [0.4, 0.5) is 0 Å². The highest BCUT2D eigenvalue weighted by Crippen LogP contribution is 2.45. The van der Waals surface area contributed by atoms with Crippen LogP contribution in [0.15, 0.2) is 59.5 Å². The third-order valence-corrected chi connectivity index (χ3v) is 6.94. The number of aromatic nitrogens is 2. The number of phenolic OH excluding ortho intramolecular Hbond substituents is 2. The van der Waals surface area contributed by atoms with Crippen molar-refractivity contribution in [1.29, 1.82) is 0 Å². The van der Waals surface area contributed by atoms with E-state index < -0.39 is 0 Å². The molecule has 0 fully saturated rings. The number of phenols is 2. The second-order valence-corrected chi connectivity index (χ2v) is 8.84. The van der Waals surface area contributed by atoms with E-state index in [0.29, 0.717) is 56.1 Å². The van der Waals surface area contributed by atoms with Crippen LogP contribution in [0.25, 0.3) is 49.2 Å². The molecule has 0 radical (unpaired) electrons. The van der Waals surface area contributed by atoms with E-state index >= 15 is 0 Å². The molecule has 0 atom stereocenters. The van der Waals surface area contributed by atoms with Gasteiger partial charge >= 0.3 is 0 Å². The van der Waals surface area contributed by atoms with Gasteiger partial charge in [-0.1, -0.05) is 6.07 Å². The molecule has 9 heteroatoms. The van der Waals surface area contributed by atoms with Gasteiger partial charge in [0.1, 0.15) is 5.52 Å². The average Bonchev–Trinajstić information content (AvgIpc) is 3.28. The summed E-state index contributed by atoms with van der Waals surface area (Å²) in [5, 5.41) is 24.0. The van der Waals surface area contributed by atoms with Gasteiger partial charge in [-0.15, -0.1) is 0 Å². The molecule has 0 aliphatic carbocycles. The smallest absolute Gasteiger partial charge is 0.273 e. The second kappa shape index (κ2) is 8.52. The maximum Gasteiger partial charge on any atom is 0.273 e. The normalized spacial score (nSPS) is 11.5. The highest BCUT2D eigenvalue weighted by atomic mass is 16.5. The molecule has 192 valence electrons. The first-order chi connectivity index (χ1) is 18.4. The minimum Gasteiger partial charge on any atom is -0.504 e. The molecule has 0 aliphatic rings. The Hall–Kier alpha value is -5.05. The molecule has 0 aliphatic heterocycles. The molecule has 6 aromatic rings. The average molecular weight is 513 g/mol. The number of aromatic amines is 1. The number of pyridine rings is 2. The summed E-state index contributed by atoms with van der Waals surface area (Å²) in [5.41, 5.74) is 2.75. The van der Waals surface area contributed by atoms with E-state index in [4.69, 9.17) is 18.9 Å². The summed E-state index contributed by atoms with van der Waals surface area (Å²) in [6, 6.07) is 13.9. The monoisotopic (exact) mass is 512 g/mol. The highest BCUT2D eigenvalue weighted by molar-refractivity contribution is 6.22. The van der Waals surface area contributed by atoms with Crippen LogP contribution in [0.2, 0.25) is 0 Å². The number of ether oxygens (including phenoxy) is 4. The first kappa shape index (κ1) is 23.4. The number of fused-ring (bicyclic) bond motifs is 7. The number of rotatable bonds is 5. The Kier molecular flexibility index (Phi) is 5.23. The third-order valence-electron chi connectivity index (χ3n) is 6.94. The zero-order valence-corrected chi connectivity index (χ0v) is 21.1. The molecule has 0 spiro atoms. The first-order valence-electron chi connectivity index (χ1n) is 11.7. The number of nitrogens with one attached hydrogen (secondary N) is 1. The molecular formula is C29H24N2O7. The summed E-state index contributed by atoms with van der Waals surface area (Å²) in [6.07, 6.45) is 1.79. The van der Waals surface area contributed by atoms with Gasteiger partial charge in [-0.2, -0.15) is 0 Å². The van der Waals surface area contributed by atoms with Crippen molar-refractivity contribution in [3.63, 3.8) is 0 Å². The number of aromatic hydroxyl groups is 2. The van der Waals surface area contributed by atoms with Gasteiger partial charge in [0, 0.05) is 34.0 Å². The van der Waals surface area contributed by atoms with Crippen molar-refractivity contribution in [1.82, 2.24) is 9.38 Å². The van der Waals surface area contributed by atoms with Crippen LogP contribution >= 0.6 is 0 Å². The second-order valence-electron chi connectivity index (χ2n) is 8.84. The zero-order valence-electron chi connectivity index (χ0n) is 21.1. The van der Waals surface area contributed by atoms with Crippen molar-refractivity contribution in [2.75, 3.05) is 28.4 Å². The van der Waals surface area contributed by atoms with Gasteiger partial charge in [-0.3, -0.25) is 4.79 Å². The van der Waals surface area contributed by atoms with Crippen molar-refractivity contribution in [3.05, 3.63) is 65.1 Å². The molecule has 0 unspecified atom stereocenters. The number of hydrogen-bond acceptors (Lipinski definition) is 7. The van der Waals surface area contributed by atoms with Crippen LogP contribution < -0.4 is 24.5 Å². The fourth-order valence-corrected chi connectivity index (χ4v) is 5.23. The molecule has 3 heterocycles. The van der Waals surface area contributed by atoms with Crippen LogP contribution in [0.1, 0.15) is 0 Å². The Balaban J connectivity index is 1.91. The summed E-state index contributed by atoms with van der Waals surface area (Å²) in [5.74, 6) is 1.57. The summed E-state index contributed by atoms with van der Waals surface area (Å²) in [4.78, 5) is 16.6. The lowest BCUT2D eigenvalue weighted by atomic mass is 9.97. The van der Waals surface area contributed by atoms with Crippen LogP contribution in [-0.2, 0) is 0 Å². The van der Waals surface area contributed by atoms with Crippen molar-refractivity contribution in [2.45, 2.75) is 0 Å². The molecule has 0 saturated heterocycles. The van der Waals surface area contributed by atoms with Gasteiger partial charge in [0.25, 0.3) is 5.56 Å². The molecule has 0 amide bonds. The minimum absolute atomic E-state index is 0.00392. The van der Waals surface area contributed by atoms with Crippen molar-refractivity contribution in [2.24, 2.45) is 0 Å². The van der Waals surface area contributed by atoms with Gasteiger partial charge in [-0.25, -0.2) is 0 Å². The largest absolute Gasteiger partial charge is 0.504 e. The van der Waals surface area contributed by atoms with E-state index in [1.165, 1.54) is 21.3 Å². The lowest BCUT2D eigenvalue weighted by Gasteiger charge is -2.12. The van der Waals surface area contributed by atoms with E-state index in [2.05, 4.69) is 4.98 Å². The molecule has 3 N–H and O–H groups in total. The predicted octanol–water partition coefficient (Wildman–Crippen LogP) is 5.20. The number of methoxy groups -OCH3 is 4. The van der Waals surface area contributed by atoms with Gasteiger partial charge in [0.2, 0.25) is 0 Å². The van der Waals surface area contributed by atoms with Crippen LogP contribution in [-0.4, -0.2) is 48.0 Å². The summed E-state index contributed by atoms with van der Waals surface area (Å²) >= 11 is 0. The van der Waals surface area contributed by atoms with Crippen LogP contribution in [0.3, 0.4) is 0 Å². The molecular weight excluding hydrogens is 488 g/mol. The Bertz CT molecular complexity index is 1970. The maximum absolute atomic E-state index is 13.6. The SMILES string of the molecule is COc1ccc(-c2c3c4cc(OC)c(OC)cc4[nH]c(=O)c3n3ccc4cc(O)c(OC)cc4c23)cc1O. The van der Waals surface area contributed by atoms with Gasteiger partial charge in [0.15, 0.2) is 34.5 Å². The number of hydrogen-bond donors (Lipinski definition) is 3. The fraction of sp³-hybridized carbons (Fsp3) is 0.138. The van der Waals surface area contributed by atoms with Gasteiger partial charge in [-0.05, 0) is 47.3 Å². The van der Waals surface area contributed by atoms with E-state index in [-0.39, 0.29) is 17.1 Å². The number of benzene rings is 3. The van der Waals surface area contributed by atoms with Crippen molar-refractivity contribution < 1.29 is 29.2 Å². The summed E-state index contributed by atoms with van der Waals surface area (Å²) in [7, 11) is 6.05. The first-order valence-corrected chi connectivity index (χ1v) is 11.7. The Labute approximate surface area is 216 Å². The predicted molar refractivity (Wildman–Crippen MR) is 146 cm³/mol. The van der Waals surface area contributed by atoms with E-state index in [1.54, 1.807) is 43.6 Å². The highest BCUT2D eigenvalue weighted by Gasteiger charge is 2.23. The lowest BCUT2D eigenvalue weighted by Crippen LogP contribution is -2.08. The Morgan fingerprint density at radius 2 is 1.37 bits per heavy atom. The number of nitrogens with zero attached hydrogens (tertiary/aromatic N) is 1. The third kappa shape index (κ3) is 3.21. The molecule has 9 nitrogen and oxygen atoms in total. The molecule has 3 aromatic carbocycles. The summed E-state index contributed by atoms with van der Waals surface area (Å²) < 4.78 is 23.5. The van der Waals surface area contributed by atoms with Crippen LogP contribution in [0.5, 0.6) is 34.5 Å². The quantitative estimate of drug-likeness (QED) is 0.291. The van der Waals surface area contributed by atoms with E-state index in [9.17, 15) is 15.0 Å². The Morgan fingerprint density at radius 1 is 0.711 bits per heavy atom. The van der Waals surface area contributed by atoms with Crippen molar-refractivity contribution >= 4 is 38.1 Å². The van der Waals surface area contributed by atoms with Crippen LogP contribution in [0, 0.1) is 0 Å². The van der Waals surface area contributed by atoms with E-state index in [1.807, 2.05) is 22.6 Å². The molecule has 38 heavy (non-hydrogen) atoms. The maximum atomic E-state index is 13.6. The van der Waals surface area contributed by atoms with E-state index in [0.717, 1.165) is 16.2 Å². The number of H-pyrrole nitrogens is 1. The minimum atomic E-state index is -0.302. The van der Waals surface area contributed by atoms with Gasteiger partial charge < -0.3 is 38.5 Å². The molecule has 0 bridgehead atoms. The topological polar surface area (TPSA) is 115 Å². The van der Waals surface area contributed by atoms with Crippen molar-refractivity contribution in [3.8, 4) is 45.6 Å².